The predicted octanol–water partition coefficient (Wildman–Crippen LogP) is 22.9. The molecule has 0 radical (unpaired) electrons. The minimum atomic E-state index is -4.99. The van der Waals surface area contributed by atoms with Crippen LogP contribution in [0.3, 0.4) is 0 Å². The summed E-state index contributed by atoms with van der Waals surface area (Å²) in [6.45, 7) is 4.48. The van der Waals surface area contributed by atoms with Crippen LogP contribution in [0.4, 0.5) is 0 Å². The van der Waals surface area contributed by atoms with Crippen LogP contribution < -0.4 is 0 Å². The Balaban J connectivity index is 5.40. The van der Waals surface area contributed by atoms with Gasteiger partial charge in [0.15, 0.2) is 12.2 Å². The van der Waals surface area contributed by atoms with Gasteiger partial charge >= 0.3 is 39.5 Å². The fourth-order valence-electron chi connectivity index (χ4n) is 10.2. The van der Waals surface area contributed by atoms with Gasteiger partial charge in [0.25, 0.3) is 0 Å². The first-order chi connectivity index (χ1) is 49.7. The van der Waals surface area contributed by atoms with E-state index < -0.39 is 97.5 Å². The van der Waals surface area contributed by atoms with Gasteiger partial charge in [-0.2, -0.15) is 0 Å². The molecule has 0 amide bonds. The highest BCUT2D eigenvalue weighted by molar-refractivity contribution is 7.47. The van der Waals surface area contributed by atoms with Crippen molar-refractivity contribution < 1.29 is 80.2 Å². The second-order valence-corrected chi connectivity index (χ2v) is 28.8. The summed E-state index contributed by atoms with van der Waals surface area (Å²) in [7, 11) is -9.98. The van der Waals surface area contributed by atoms with Gasteiger partial charge < -0.3 is 33.8 Å². The third-order valence-corrected chi connectivity index (χ3v) is 18.0. The Morgan fingerprint density at radius 3 is 0.882 bits per heavy atom. The number of aliphatic hydroxyl groups excluding tert-OH is 1. The zero-order valence-corrected chi connectivity index (χ0v) is 65.5. The van der Waals surface area contributed by atoms with E-state index >= 15 is 0 Å². The molecule has 0 heterocycles. The minimum absolute atomic E-state index is 0.0353. The van der Waals surface area contributed by atoms with E-state index in [0.717, 1.165) is 173 Å². The third kappa shape index (κ3) is 73.5. The van der Waals surface area contributed by atoms with Gasteiger partial charge in [-0.05, 0) is 122 Å². The number of phosphoric ester groups is 2. The standard InChI is InChI=1S/C83H140O17P2/c1-5-9-13-17-21-25-29-33-35-37-38-40-42-46-48-52-56-60-64-68-81(86)94-74-79(100-83(88)70-66-62-58-54-50-44-32-28-24-20-16-12-8-4)76-98-102(91,92)96-72-77(84)71-95-101(89,90)97-75-78(99-82(87)69-65-61-57-53-49-43-31-27-23-19-15-11-7-3)73-93-80(85)67-63-59-55-51-47-45-41-39-36-34-30-26-22-18-14-10-6-2/h9-10,13-15,19,21-22,25-27,31,33-36,38,40,46,48,56,60,77-79,84H,5-8,11-12,16-18,20,23-24,28-30,32,37,39,41-45,47,49-55,57-59,61-76H2,1-4H3,(H,89,90)(H,91,92)/b13-9-,14-10-,19-15-,25-21-,26-22-,31-27-,35-33-,36-34-,40-38-,48-46-,60-56-. The van der Waals surface area contributed by atoms with Crippen molar-refractivity contribution in [2.45, 2.75) is 329 Å². The van der Waals surface area contributed by atoms with E-state index in [4.69, 9.17) is 37.0 Å². The highest BCUT2D eigenvalue weighted by atomic mass is 31.2. The Bertz CT molecular complexity index is 2460. The molecule has 0 aromatic carbocycles. The van der Waals surface area contributed by atoms with Crippen molar-refractivity contribution in [2.75, 3.05) is 39.6 Å². The van der Waals surface area contributed by atoms with Crippen LogP contribution in [0.25, 0.3) is 0 Å². The minimum Gasteiger partial charge on any atom is -0.462 e. The maximum Gasteiger partial charge on any atom is 0.472 e. The summed E-state index contributed by atoms with van der Waals surface area (Å²) in [5.41, 5.74) is 0. The Labute approximate surface area is 618 Å². The molecule has 19 heteroatoms. The topological polar surface area (TPSA) is 237 Å². The molecule has 5 unspecified atom stereocenters. The smallest absolute Gasteiger partial charge is 0.462 e. The molecule has 0 rings (SSSR count). The predicted molar refractivity (Wildman–Crippen MR) is 418 cm³/mol. The Morgan fingerprint density at radius 2 is 0.549 bits per heavy atom. The summed E-state index contributed by atoms with van der Waals surface area (Å²) < 4.78 is 68.5. The van der Waals surface area contributed by atoms with Crippen LogP contribution >= 0.6 is 15.6 Å². The zero-order valence-electron chi connectivity index (χ0n) is 63.7. The number of rotatable bonds is 73. The second-order valence-electron chi connectivity index (χ2n) is 25.9. The van der Waals surface area contributed by atoms with Gasteiger partial charge in [0.1, 0.15) is 19.3 Å². The third-order valence-electron chi connectivity index (χ3n) is 16.1. The molecule has 0 bridgehead atoms. The van der Waals surface area contributed by atoms with E-state index in [1.807, 2.05) is 18.2 Å². The maximum absolute atomic E-state index is 13.1. The summed E-state index contributed by atoms with van der Waals surface area (Å²) in [5.74, 6) is -2.29. The number of unbranched alkanes of at least 4 members (excludes halogenated alkanes) is 25. The van der Waals surface area contributed by atoms with Crippen molar-refractivity contribution in [1.82, 2.24) is 0 Å². The number of aliphatic hydroxyl groups is 1. The summed E-state index contributed by atoms with van der Waals surface area (Å²) in [5, 5.41) is 10.6. The van der Waals surface area contributed by atoms with Gasteiger partial charge in [-0.3, -0.25) is 37.3 Å². The average Bonchev–Trinajstić information content (AvgIpc) is 0.909. The molecule has 0 fully saturated rings. The second kappa shape index (κ2) is 74.5. The Morgan fingerprint density at radius 1 is 0.284 bits per heavy atom. The maximum atomic E-state index is 13.1. The lowest BCUT2D eigenvalue weighted by atomic mass is 10.0. The summed E-state index contributed by atoms with van der Waals surface area (Å²) >= 11 is 0. The summed E-state index contributed by atoms with van der Waals surface area (Å²) in [4.78, 5) is 72.9. The molecule has 0 aromatic heterocycles. The molecule has 0 saturated heterocycles. The first-order valence-electron chi connectivity index (χ1n) is 39.4. The van der Waals surface area contributed by atoms with Gasteiger partial charge in [0, 0.05) is 25.7 Å². The lowest BCUT2D eigenvalue weighted by Crippen LogP contribution is -2.30. The van der Waals surface area contributed by atoms with Crippen molar-refractivity contribution in [2.24, 2.45) is 0 Å². The van der Waals surface area contributed by atoms with E-state index in [1.165, 1.54) is 51.4 Å². The molecule has 0 aliphatic heterocycles. The number of carbonyl (C=O) groups excluding carboxylic acids is 4. The molecule has 5 atom stereocenters. The molecule has 0 spiro atoms. The van der Waals surface area contributed by atoms with E-state index in [9.17, 15) is 43.2 Å². The average molecular weight is 1470 g/mol. The molecule has 0 saturated carbocycles. The van der Waals surface area contributed by atoms with E-state index in [1.54, 1.807) is 0 Å². The van der Waals surface area contributed by atoms with Gasteiger partial charge in [-0.1, -0.05) is 296 Å². The first-order valence-corrected chi connectivity index (χ1v) is 42.4. The van der Waals surface area contributed by atoms with Gasteiger partial charge in [-0.15, -0.1) is 0 Å². The Kier molecular flexibility index (Phi) is 71.0. The number of carbonyl (C=O) groups is 4. The highest BCUT2D eigenvalue weighted by Gasteiger charge is 2.30. The lowest BCUT2D eigenvalue weighted by molar-refractivity contribution is -0.161. The normalized spacial score (nSPS) is 14.6. The number of phosphoric acid groups is 2. The van der Waals surface area contributed by atoms with Crippen molar-refractivity contribution >= 4 is 39.5 Å². The summed E-state index contributed by atoms with van der Waals surface area (Å²) in [6, 6.07) is 0. The highest BCUT2D eigenvalue weighted by Crippen LogP contribution is 2.45. The molecule has 0 aromatic rings. The largest absolute Gasteiger partial charge is 0.472 e. The van der Waals surface area contributed by atoms with E-state index in [0.29, 0.717) is 32.1 Å². The molecular formula is C83H140O17P2. The molecule has 17 nitrogen and oxygen atoms in total. The molecular weight excluding hydrogens is 1330 g/mol. The van der Waals surface area contributed by atoms with Crippen LogP contribution in [-0.2, 0) is 65.4 Å². The van der Waals surface area contributed by atoms with Crippen LogP contribution in [0.1, 0.15) is 310 Å². The molecule has 3 N–H and O–H groups in total. The monoisotopic (exact) mass is 1470 g/mol. The molecule has 0 aliphatic rings. The van der Waals surface area contributed by atoms with Gasteiger partial charge in [0.2, 0.25) is 0 Å². The van der Waals surface area contributed by atoms with Crippen molar-refractivity contribution in [3.63, 3.8) is 0 Å². The van der Waals surface area contributed by atoms with E-state index in [2.05, 4.69) is 143 Å². The van der Waals surface area contributed by atoms with E-state index in [-0.39, 0.29) is 25.7 Å². The van der Waals surface area contributed by atoms with Crippen LogP contribution in [0.15, 0.2) is 134 Å². The number of ether oxygens (including phenoxy) is 4. The molecule has 0 aliphatic carbocycles. The van der Waals surface area contributed by atoms with Crippen LogP contribution in [0, 0.1) is 0 Å². The van der Waals surface area contributed by atoms with Crippen LogP contribution in [0.2, 0.25) is 0 Å². The van der Waals surface area contributed by atoms with Crippen molar-refractivity contribution in [3.8, 4) is 0 Å². The quantitative estimate of drug-likeness (QED) is 0.0169. The molecule has 102 heavy (non-hydrogen) atoms. The van der Waals surface area contributed by atoms with Crippen LogP contribution in [-0.4, -0.2) is 96.7 Å². The number of allylic oxidation sites excluding steroid dienone is 22. The van der Waals surface area contributed by atoms with Crippen LogP contribution in [0.5, 0.6) is 0 Å². The van der Waals surface area contributed by atoms with Gasteiger partial charge in [0.05, 0.1) is 26.4 Å². The number of hydrogen-bond donors (Lipinski definition) is 3. The fourth-order valence-corrected chi connectivity index (χ4v) is 11.8. The molecule has 584 valence electrons. The fraction of sp³-hybridized carbons (Fsp3) is 0.687. The SMILES string of the molecule is CC/C=C\C/C=C\C/C=C\C/C=C\C/C=C\C/C=C\CCC(=O)OCC(COP(=O)(O)OCC(O)COP(=O)(O)OCC(COC(=O)CCCCCCCCC/C=C\C/C=C\C/C=C\CC)OC(=O)CCCCCCC/C=C\C/C=C\CCC)OC(=O)CCCCCCCCCCCCCCC. The zero-order chi connectivity index (χ0) is 74.6. The number of esters is 4. The Hall–Kier alpha value is -4.80. The van der Waals surface area contributed by atoms with Crippen molar-refractivity contribution in [3.05, 3.63) is 134 Å². The van der Waals surface area contributed by atoms with Crippen molar-refractivity contribution in [1.29, 1.82) is 0 Å². The number of hydrogen-bond acceptors (Lipinski definition) is 15. The summed E-state index contributed by atoms with van der Waals surface area (Å²) in [6.07, 6.45) is 83.1. The van der Waals surface area contributed by atoms with Gasteiger partial charge in [-0.25, -0.2) is 9.13 Å². The lowest BCUT2D eigenvalue weighted by Gasteiger charge is -2.21. The first kappa shape index (κ1) is 97.2.